The molecule has 0 saturated heterocycles. The van der Waals surface area contributed by atoms with Crippen LogP contribution in [0.3, 0.4) is 0 Å². The zero-order valence-corrected chi connectivity index (χ0v) is 14.7. The number of hydrogen-bond donors (Lipinski definition) is 3. The number of carbonyl (C=O) groups excluding carboxylic acids is 1. The van der Waals surface area contributed by atoms with Crippen molar-refractivity contribution in [3.05, 3.63) is 48.0 Å². The highest BCUT2D eigenvalue weighted by Gasteiger charge is 2.13. The Morgan fingerprint density at radius 2 is 2.00 bits per heavy atom. The van der Waals surface area contributed by atoms with Crippen LogP contribution in [0.25, 0.3) is 0 Å². The average Bonchev–Trinajstić information content (AvgIpc) is 3.03. The first-order valence-corrected chi connectivity index (χ1v) is 8.42. The highest BCUT2D eigenvalue weighted by molar-refractivity contribution is 5.89. The maximum atomic E-state index is 12.2. The van der Waals surface area contributed by atoms with E-state index < -0.39 is 0 Å². The molecule has 1 heterocycles. The number of rotatable bonds is 8. The molecule has 0 bridgehead atoms. The van der Waals surface area contributed by atoms with Gasteiger partial charge in [-0.15, -0.1) is 0 Å². The molecule has 0 spiro atoms. The first-order valence-electron chi connectivity index (χ1n) is 8.42. The Hall–Kier alpha value is -2.38. The Morgan fingerprint density at radius 3 is 2.64 bits per heavy atom. The molecule has 0 radical (unpaired) electrons. The molecule has 3 N–H and O–H groups in total. The van der Waals surface area contributed by atoms with E-state index >= 15 is 0 Å². The maximum absolute atomic E-state index is 12.2. The van der Waals surface area contributed by atoms with Gasteiger partial charge in [-0.3, -0.25) is 0 Å². The summed E-state index contributed by atoms with van der Waals surface area (Å²) < 4.78 is 2.09. The second-order valence-electron chi connectivity index (χ2n) is 6.13. The number of nitrogens with one attached hydrogen (secondary N) is 1. The van der Waals surface area contributed by atoms with Crippen molar-refractivity contribution in [3.8, 4) is 0 Å². The Morgan fingerprint density at radius 1 is 1.28 bits per heavy atom. The molecule has 0 aliphatic carbocycles. The van der Waals surface area contributed by atoms with Crippen LogP contribution in [-0.2, 0) is 6.54 Å². The van der Waals surface area contributed by atoms with Crippen molar-refractivity contribution in [2.45, 2.75) is 26.3 Å². The van der Waals surface area contributed by atoms with Crippen molar-refractivity contribution in [3.63, 3.8) is 0 Å². The smallest absolute Gasteiger partial charge is 0.321 e. The van der Waals surface area contributed by atoms with Gasteiger partial charge in [0, 0.05) is 43.6 Å². The molecule has 2 aromatic rings. The summed E-state index contributed by atoms with van der Waals surface area (Å²) in [6.45, 7) is 4.95. The van der Waals surface area contributed by atoms with Crippen LogP contribution in [0, 0.1) is 0 Å². The predicted molar refractivity (Wildman–Crippen MR) is 96.6 cm³/mol. The molecule has 0 aliphatic rings. The summed E-state index contributed by atoms with van der Waals surface area (Å²) in [6.07, 6.45) is 3.74. The third-order valence-electron chi connectivity index (χ3n) is 3.82. The summed E-state index contributed by atoms with van der Waals surface area (Å²) in [5.41, 5.74) is 1.73. The summed E-state index contributed by atoms with van der Waals surface area (Å²) in [7, 11) is 0. The van der Waals surface area contributed by atoms with Gasteiger partial charge in [0.1, 0.15) is 5.82 Å². The number of hydrogen-bond acceptors (Lipinski definition) is 4. The van der Waals surface area contributed by atoms with E-state index in [1.54, 1.807) is 6.20 Å². The van der Waals surface area contributed by atoms with Crippen LogP contribution >= 0.6 is 0 Å². The monoisotopic (exact) mass is 346 g/mol. The van der Waals surface area contributed by atoms with Crippen molar-refractivity contribution in [1.82, 2.24) is 14.5 Å². The molecule has 25 heavy (non-hydrogen) atoms. The minimum atomic E-state index is -0.342. The predicted octanol–water partition coefficient (Wildman–Crippen LogP) is 1.87. The Bertz CT molecular complexity index is 678. The first-order chi connectivity index (χ1) is 12.0. The summed E-state index contributed by atoms with van der Waals surface area (Å²) in [4.78, 5) is 18.0. The van der Waals surface area contributed by atoms with E-state index in [1.165, 1.54) is 4.90 Å². The number of anilines is 1. The third kappa shape index (κ3) is 5.30. The molecule has 0 atom stereocenters. The van der Waals surface area contributed by atoms with Crippen LogP contribution in [0.5, 0.6) is 0 Å². The molecule has 7 heteroatoms. The Balaban J connectivity index is 2.08. The number of carbonyl (C=O) groups is 1. The van der Waals surface area contributed by atoms with Crippen LogP contribution in [-0.4, -0.2) is 57.0 Å². The second-order valence-corrected chi connectivity index (χ2v) is 6.13. The number of aliphatic hydroxyl groups is 2. The topological polar surface area (TPSA) is 90.6 Å². The maximum Gasteiger partial charge on any atom is 0.321 e. The van der Waals surface area contributed by atoms with E-state index in [2.05, 4.69) is 28.7 Å². The molecule has 1 aromatic carbocycles. The van der Waals surface area contributed by atoms with E-state index in [9.17, 15) is 4.79 Å². The van der Waals surface area contributed by atoms with Crippen molar-refractivity contribution in [1.29, 1.82) is 0 Å². The van der Waals surface area contributed by atoms with Crippen molar-refractivity contribution < 1.29 is 15.0 Å². The van der Waals surface area contributed by atoms with Gasteiger partial charge in [-0.05, 0) is 17.7 Å². The van der Waals surface area contributed by atoms with Crippen molar-refractivity contribution >= 4 is 11.7 Å². The lowest BCUT2D eigenvalue weighted by Gasteiger charge is -2.21. The molecule has 0 aliphatic heterocycles. The van der Waals surface area contributed by atoms with Crippen molar-refractivity contribution in [2.75, 3.05) is 31.6 Å². The standard InChI is InChI=1S/C18H26N4O3/c1-14(2)17-19-6-7-22(17)13-15-4-3-5-16(12-15)20-18(25)21(8-10-23)9-11-24/h3-7,12,14,23-24H,8-11,13H2,1-2H3,(H,20,25). The lowest BCUT2D eigenvalue weighted by atomic mass is 10.1. The number of amides is 2. The zero-order valence-electron chi connectivity index (χ0n) is 14.7. The molecule has 0 saturated carbocycles. The molecule has 0 unspecified atom stereocenters. The summed E-state index contributed by atoms with van der Waals surface area (Å²) >= 11 is 0. The SMILES string of the molecule is CC(C)c1nccn1Cc1cccc(NC(=O)N(CCO)CCO)c1. The molecule has 0 fully saturated rings. The fourth-order valence-electron chi connectivity index (χ4n) is 2.66. The summed E-state index contributed by atoms with van der Waals surface area (Å²) in [6, 6.07) is 7.27. The van der Waals surface area contributed by atoms with Gasteiger partial charge in [-0.1, -0.05) is 26.0 Å². The number of urea groups is 1. The summed E-state index contributed by atoms with van der Waals surface area (Å²) in [5, 5.41) is 20.9. The molecule has 1 aromatic heterocycles. The van der Waals surface area contributed by atoms with E-state index in [-0.39, 0.29) is 32.3 Å². The normalized spacial score (nSPS) is 10.9. The Kier molecular flexibility index (Phi) is 6.97. The number of aliphatic hydroxyl groups excluding tert-OH is 2. The minimum Gasteiger partial charge on any atom is -0.395 e. The fraction of sp³-hybridized carbons (Fsp3) is 0.444. The van der Waals surface area contributed by atoms with Gasteiger partial charge in [0.15, 0.2) is 0 Å². The number of imidazole rings is 1. The largest absolute Gasteiger partial charge is 0.395 e. The molecular formula is C18H26N4O3. The fourth-order valence-corrected chi connectivity index (χ4v) is 2.66. The molecule has 2 amide bonds. The van der Waals surface area contributed by atoms with Crippen LogP contribution in [0.4, 0.5) is 10.5 Å². The van der Waals surface area contributed by atoms with Crippen LogP contribution in [0.1, 0.15) is 31.2 Å². The van der Waals surface area contributed by atoms with E-state index in [1.807, 2.05) is 30.5 Å². The number of benzene rings is 1. The minimum absolute atomic E-state index is 0.147. The number of aromatic nitrogens is 2. The Labute approximate surface area is 147 Å². The van der Waals surface area contributed by atoms with Gasteiger partial charge >= 0.3 is 6.03 Å². The second kappa shape index (κ2) is 9.19. The molecule has 2 rings (SSSR count). The highest BCUT2D eigenvalue weighted by atomic mass is 16.3. The quantitative estimate of drug-likeness (QED) is 0.681. The van der Waals surface area contributed by atoms with E-state index in [4.69, 9.17) is 10.2 Å². The third-order valence-corrected chi connectivity index (χ3v) is 3.82. The molecule has 136 valence electrons. The first kappa shape index (κ1) is 19.0. The highest BCUT2D eigenvalue weighted by Crippen LogP contribution is 2.16. The van der Waals surface area contributed by atoms with Gasteiger partial charge < -0.3 is 25.0 Å². The van der Waals surface area contributed by atoms with Crippen LogP contribution in [0.2, 0.25) is 0 Å². The van der Waals surface area contributed by atoms with Crippen LogP contribution < -0.4 is 5.32 Å². The van der Waals surface area contributed by atoms with Gasteiger partial charge in [-0.25, -0.2) is 9.78 Å². The summed E-state index contributed by atoms with van der Waals surface area (Å²) in [5.74, 6) is 1.36. The lowest BCUT2D eigenvalue weighted by Crippen LogP contribution is -2.38. The van der Waals surface area contributed by atoms with Gasteiger partial charge in [0.2, 0.25) is 0 Å². The molecule has 7 nitrogen and oxygen atoms in total. The van der Waals surface area contributed by atoms with E-state index in [0.717, 1.165) is 11.4 Å². The number of nitrogens with zero attached hydrogens (tertiary/aromatic N) is 3. The van der Waals surface area contributed by atoms with E-state index in [0.29, 0.717) is 18.2 Å². The zero-order chi connectivity index (χ0) is 18.2. The lowest BCUT2D eigenvalue weighted by molar-refractivity contribution is 0.167. The van der Waals surface area contributed by atoms with Gasteiger partial charge in [-0.2, -0.15) is 0 Å². The van der Waals surface area contributed by atoms with Crippen molar-refractivity contribution in [2.24, 2.45) is 0 Å². The van der Waals surface area contributed by atoms with Gasteiger partial charge in [0.05, 0.1) is 13.2 Å². The average molecular weight is 346 g/mol. The van der Waals surface area contributed by atoms with Crippen LogP contribution in [0.15, 0.2) is 36.7 Å². The molecular weight excluding hydrogens is 320 g/mol. The van der Waals surface area contributed by atoms with Gasteiger partial charge in [0.25, 0.3) is 0 Å².